The van der Waals surface area contributed by atoms with E-state index in [1.165, 1.54) is 23.7 Å². The van der Waals surface area contributed by atoms with Gasteiger partial charge in [0.25, 0.3) is 11.8 Å². The van der Waals surface area contributed by atoms with Crippen molar-refractivity contribution >= 4 is 11.8 Å². The third kappa shape index (κ3) is 2.30. The normalized spacial score (nSPS) is 41.1. The van der Waals surface area contributed by atoms with Crippen molar-refractivity contribution in [2.24, 2.45) is 23.7 Å². The Hall–Kier alpha value is -0.900. The number of hydrogen-bond donors (Lipinski definition) is 1. The van der Waals surface area contributed by atoms with E-state index < -0.39 is 11.8 Å². The van der Waals surface area contributed by atoms with Crippen molar-refractivity contribution in [3.63, 3.8) is 0 Å². The molecule has 100 valence electrons. The molecule has 0 atom stereocenters. The minimum absolute atomic E-state index is 0.148. The van der Waals surface area contributed by atoms with Crippen molar-refractivity contribution in [1.82, 2.24) is 5.06 Å². The molecule has 2 amide bonds. The van der Waals surface area contributed by atoms with Gasteiger partial charge in [-0.3, -0.25) is 14.8 Å². The molecule has 4 bridgehead atoms. The molecule has 4 nitrogen and oxygen atoms in total. The van der Waals surface area contributed by atoms with Crippen LogP contribution in [0.15, 0.2) is 0 Å². The average Bonchev–Trinajstić information content (AvgIpc) is 2.60. The van der Waals surface area contributed by atoms with Crippen molar-refractivity contribution < 1.29 is 14.8 Å². The summed E-state index contributed by atoms with van der Waals surface area (Å²) in [5.41, 5.74) is 0. The van der Waals surface area contributed by atoms with Crippen LogP contribution in [0.5, 0.6) is 0 Å². The molecule has 0 radical (unpaired) electrons. The monoisotopic (exact) mass is 251 g/mol. The fourth-order valence-electron chi connectivity index (χ4n) is 4.55. The van der Waals surface area contributed by atoms with Crippen LogP contribution in [0.2, 0.25) is 0 Å². The number of amides is 2. The largest absolute Gasteiger partial charge is 0.279 e. The summed E-state index contributed by atoms with van der Waals surface area (Å²) in [4.78, 5) is 20.5. The van der Waals surface area contributed by atoms with Gasteiger partial charge in [-0.05, 0) is 62.2 Å². The van der Waals surface area contributed by atoms with Crippen LogP contribution in [0.3, 0.4) is 0 Å². The van der Waals surface area contributed by atoms with Crippen LogP contribution in [0.1, 0.15) is 51.4 Å². The summed E-state index contributed by atoms with van der Waals surface area (Å²) in [6, 6.07) is 0. The lowest BCUT2D eigenvalue weighted by Gasteiger charge is -2.49. The summed E-state index contributed by atoms with van der Waals surface area (Å²) in [5.74, 6) is 3.70. The van der Waals surface area contributed by atoms with Gasteiger partial charge in [-0.1, -0.05) is 0 Å². The SMILES string of the molecule is C1C2CC3CC1CC(C2)C3.O=C1CCC(=O)N1O. The van der Waals surface area contributed by atoms with E-state index in [1.54, 1.807) is 38.5 Å². The highest BCUT2D eigenvalue weighted by Crippen LogP contribution is 2.53. The van der Waals surface area contributed by atoms with Crippen LogP contribution < -0.4 is 0 Å². The predicted octanol–water partition coefficient (Wildman–Crippen LogP) is 2.36. The molecule has 5 fully saturated rings. The highest BCUT2D eigenvalue weighted by atomic mass is 16.5. The van der Waals surface area contributed by atoms with Crippen LogP contribution in [-0.4, -0.2) is 22.1 Å². The van der Waals surface area contributed by atoms with Crippen molar-refractivity contribution in [1.29, 1.82) is 0 Å². The molecule has 0 unspecified atom stereocenters. The Bertz CT molecular complexity index is 294. The van der Waals surface area contributed by atoms with Crippen molar-refractivity contribution in [2.75, 3.05) is 0 Å². The van der Waals surface area contributed by atoms with Crippen LogP contribution in [0.4, 0.5) is 0 Å². The van der Waals surface area contributed by atoms with E-state index >= 15 is 0 Å². The van der Waals surface area contributed by atoms with E-state index in [2.05, 4.69) is 0 Å². The Morgan fingerprint density at radius 3 is 1.17 bits per heavy atom. The molecular weight excluding hydrogens is 230 g/mol. The van der Waals surface area contributed by atoms with Gasteiger partial charge in [-0.25, -0.2) is 0 Å². The van der Waals surface area contributed by atoms with E-state index in [1.807, 2.05) is 0 Å². The first-order chi connectivity index (χ1) is 8.61. The number of hydroxylamine groups is 2. The zero-order valence-corrected chi connectivity index (χ0v) is 10.7. The molecule has 4 saturated carbocycles. The van der Waals surface area contributed by atoms with Gasteiger partial charge in [-0.15, -0.1) is 0 Å². The second-order valence-corrected chi connectivity index (χ2v) is 6.48. The van der Waals surface area contributed by atoms with Gasteiger partial charge in [0.1, 0.15) is 0 Å². The number of rotatable bonds is 0. The first-order valence-electron chi connectivity index (χ1n) is 7.16. The van der Waals surface area contributed by atoms with Crippen LogP contribution in [-0.2, 0) is 9.59 Å². The number of carbonyl (C=O) groups excluding carboxylic acids is 2. The predicted molar refractivity (Wildman–Crippen MR) is 64.5 cm³/mol. The molecule has 1 aliphatic heterocycles. The lowest BCUT2D eigenvalue weighted by molar-refractivity contribution is -0.171. The van der Waals surface area contributed by atoms with Gasteiger partial charge >= 0.3 is 0 Å². The van der Waals surface area contributed by atoms with Crippen LogP contribution in [0.25, 0.3) is 0 Å². The van der Waals surface area contributed by atoms with E-state index in [4.69, 9.17) is 5.21 Å². The summed E-state index contributed by atoms with van der Waals surface area (Å²) in [7, 11) is 0. The highest BCUT2D eigenvalue weighted by molar-refractivity contribution is 6.00. The number of carbonyl (C=O) groups is 2. The minimum Gasteiger partial charge on any atom is -0.279 e. The molecule has 5 aliphatic rings. The van der Waals surface area contributed by atoms with Gasteiger partial charge in [0.05, 0.1) is 0 Å². The lowest BCUT2D eigenvalue weighted by Crippen LogP contribution is -2.38. The maximum atomic E-state index is 10.2. The molecule has 1 heterocycles. The fourth-order valence-corrected chi connectivity index (χ4v) is 4.55. The van der Waals surface area contributed by atoms with E-state index in [9.17, 15) is 9.59 Å². The van der Waals surface area contributed by atoms with Gasteiger partial charge in [0.2, 0.25) is 0 Å². The van der Waals surface area contributed by atoms with Gasteiger partial charge < -0.3 is 0 Å². The summed E-state index contributed by atoms with van der Waals surface area (Å²) < 4.78 is 0. The molecule has 0 aromatic heterocycles. The Morgan fingerprint density at radius 2 is 1.00 bits per heavy atom. The quantitative estimate of drug-likeness (QED) is 0.531. The number of imide groups is 1. The van der Waals surface area contributed by atoms with E-state index in [-0.39, 0.29) is 17.9 Å². The second kappa shape index (κ2) is 4.65. The molecule has 1 N–H and O–H groups in total. The summed E-state index contributed by atoms with van der Waals surface area (Å²) in [6.45, 7) is 0. The van der Waals surface area contributed by atoms with E-state index in [0.29, 0.717) is 0 Å². The standard InChI is InChI=1S/C10H16.C4H5NO3/c1-7-2-9-4-8(1)5-10(3-7)6-9;6-3-1-2-4(7)5(3)8/h7-10H,1-6H2;8H,1-2H2. The second-order valence-electron chi connectivity index (χ2n) is 6.48. The molecule has 0 aromatic rings. The van der Waals surface area contributed by atoms with Gasteiger partial charge in [0.15, 0.2) is 0 Å². The lowest BCUT2D eigenvalue weighted by atomic mass is 9.56. The highest BCUT2D eigenvalue weighted by Gasteiger charge is 2.41. The zero-order chi connectivity index (χ0) is 12.7. The summed E-state index contributed by atoms with van der Waals surface area (Å²) in [5, 5.41) is 8.57. The molecule has 0 spiro atoms. The first kappa shape index (κ1) is 12.2. The Balaban J connectivity index is 0.000000115. The maximum Gasteiger partial charge on any atom is 0.253 e. The molecule has 18 heavy (non-hydrogen) atoms. The van der Waals surface area contributed by atoms with Crippen LogP contribution in [0, 0.1) is 23.7 Å². The smallest absolute Gasteiger partial charge is 0.253 e. The van der Waals surface area contributed by atoms with Gasteiger partial charge in [-0.2, -0.15) is 5.06 Å². The zero-order valence-electron chi connectivity index (χ0n) is 10.7. The molecule has 1 saturated heterocycles. The first-order valence-corrected chi connectivity index (χ1v) is 7.16. The topological polar surface area (TPSA) is 57.6 Å². The Kier molecular flexibility index (Phi) is 3.14. The third-order valence-corrected chi connectivity index (χ3v) is 5.03. The van der Waals surface area contributed by atoms with E-state index in [0.717, 1.165) is 0 Å². The molecule has 5 rings (SSSR count). The third-order valence-electron chi connectivity index (χ3n) is 5.03. The van der Waals surface area contributed by atoms with Crippen molar-refractivity contribution in [3.05, 3.63) is 0 Å². The Labute approximate surface area is 107 Å². The molecule has 0 aromatic carbocycles. The minimum atomic E-state index is -0.505. The molecular formula is C14H21NO3. The summed E-state index contributed by atoms with van der Waals surface area (Å²) in [6.07, 6.45) is 9.92. The molecule has 4 aliphatic carbocycles. The van der Waals surface area contributed by atoms with Gasteiger partial charge in [0, 0.05) is 12.8 Å². The molecule has 4 heteroatoms. The number of nitrogens with zero attached hydrogens (tertiary/aromatic N) is 1. The van der Waals surface area contributed by atoms with Crippen molar-refractivity contribution in [2.45, 2.75) is 51.4 Å². The number of hydrogen-bond acceptors (Lipinski definition) is 3. The van der Waals surface area contributed by atoms with Crippen LogP contribution >= 0.6 is 0 Å². The fraction of sp³-hybridized carbons (Fsp3) is 0.857. The average molecular weight is 251 g/mol. The van der Waals surface area contributed by atoms with Crippen molar-refractivity contribution in [3.8, 4) is 0 Å². The summed E-state index contributed by atoms with van der Waals surface area (Å²) >= 11 is 0. The Morgan fingerprint density at radius 1 is 0.722 bits per heavy atom. The maximum absolute atomic E-state index is 10.2.